The lowest BCUT2D eigenvalue weighted by atomic mass is 9.55. The van der Waals surface area contributed by atoms with Gasteiger partial charge in [0.05, 0.1) is 49.0 Å². The smallest absolute Gasteiger partial charge is 0.273 e. The predicted octanol–water partition coefficient (Wildman–Crippen LogP) is 7.46. The van der Waals surface area contributed by atoms with Gasteiger partial charge < -0.3 is 44.0 Å². The van der Waals surface area contributed by atoms with E-state index in [1.165, 1.54) is 32.1 Å². The molecule has 2 aromatic carbocycles. The number of ether oxygens (including phenoxy) is 4. The first-order chi connectivity index (χ1) is 29.3. The van der Waals surface area contributed by atoms with Crippen LogP contribution >= 0.6 is 0 Å². The molecule has 1 aliphatic heterocycles. The molecule has 14 heteroatoms. The third-order valence-corrected chi connectivity index (χ3v) is 12.8. The summed E-state index contributed by atoms with van der Waals surface area (Å²) < 4.78 is 26.5. The maximum atomic E-state index is 14.7. The Kier molecular flexibility index (Phi) is 16.5. The number of rotatable bonds is 24. The van der Waals surface area contributed by atoms with Gasteiger partial charge in [0.2, 0.25) is 11.7 Å². The highest BCUT2D eigenvalue weighted by atomic mass is 16.7. The Balaban J connectivity index is 1.53. The molecule has 4 aliphatic rings. The molecule has 14 nitrogen and oxygen atoms in total. The molecule has 328 valence electrons. The quantitative estimate of drug-likeness (QED) is 0.0413. The number of fused-ring (bicyclic) bond motifs is 2. The summed E-state index contributed by atoms with van der Waals surface area (Å²) in [6.45, 7) is 4.72. The number of nitro benzene ring substituents is 1. The van der Waals surface area contributed by atoms with E-state index in [1.807, 2.05) is 17.0 Å². The highest BCUT2D eigenvalue weighted by molar-refractivity contribution is 6.03. The van der Waals surface area contributed by atoms with E-state index in [9.17, 15) is 30.2 Å². The van der Waals surface area contributed by atoms with Crippen LogP contribution in [0.15, 0.2) is 71.9 Å². The lowest BCUT2D eigenvalue weighted by Gasteiger charge is -2.60. The molecule has 0 bridgehead atoms. The van der Waals surface area contributed by atoms with Gasteiger partial charge >= 0.3 is 0 Å². The minimum Gasteiger partial charge on any atom is -0.459 e. The number of oxime groups is 1. The Morgan fingerprint density at radius 2 is 1.78 bits per heavy atom. The summed E-state index contributed by atoms with van der Waals surface area (Å²) in [5.74, 6) is -0.300. The highest BCUT2D eigenvalue weighted by Gasteiger charge is 2.65. The van der Waals surface area contributed by atoms with Gasteiger partial charge in [0, 0.05) is 50.1 Å². The van der Waals surface area contributed by atoms with Gasteiger partial charge in [-0.25, -0.2) is 0 Å². The monoisotopic (exact) mass is 833 g/mol. The third-order valence-electron chi connectivity index (χ3n) is 12.8. The van der Waals surface area contributed by atoms with Crippen molar-refractivity contribution in [1.82, 2.24) is 4.90 Å². The highest BCUT2D eigenvalue weighted by Crippen LogP contribution is 2.62. The molecule has 0 aromatic heterocycles. The second-order valence-corrected chi connectivity index (χ2v) is 16.4. The van der Waals surface area contributed by atoms with Crippen LogP contribution in [0.5, 0.6) is 17.2 Å². The molecule has 0 saturated heterocycles. The maximum absolute atomic E-state index is 14.7. The van der Waals surface area contributed by atoms with Crippen molar-refractivity contribution in [3.63, 3.8) is 0 Å². The van der Waals surface area contributed by atoms with Crippen LogP contribution < -0.4 is 9.47 Å². The largest absolute Gasteiger partial charge is 0.459 e. The van der Waals surface area contributed by atoms with Crippen molar-refractivity contribution in [2.45, 2.75) is 101 Å². The Morgan fingerprint density at radius 3 is 2.50 bits per heavy atom. The van der Waals surface area contributed by atoms with Gasteiger partial charge in [0.15, 0.2) is 0 Å². The molecule has 6 rings (SSSR count). The van der Waals surface area contributed by atoms with Gasteiger partial charge in [0.1, 0.15) is 30.4 Å². The van der Waals surface area contributed by atoms with Crippen molar-refractivity contribution in [1.29, 1.82) is 0 Å². The molecule has 2 saturated carbocycles. The van der Waals surface area contributed by atoms with Crippen LogP contribution in [0.2, 0.25) is 0 Å². The number of carbonyl (C=O) groups excluding carboxylic acids is 1. The van der Waals surface area contributed by atoms with E-state index in [-0.39, 0.29) is 82.0 Å². The second-order valence-electron chi connectivity index (χ2n) is 16.4. The molecular formula is C46H63N3O11. The van der Waals surface area contributed by atoms with Crippen LogP contribution in [-0.4, -0.2) is 102 Å². The number of hydrogen-bond acceptors (Lipinski definition) is 12. The zero-order valence-electron chi connectivity index (χ0n) is 35.0. The Morgan fingerprint density at radius 1 is 1.02 bits per heavy atom. The number of benzene rings is 2. The van der Waals surface area contributed by atoms with Crippen molar-refractivity contribution in [3.05, 3.63) is 82.4 Å². The van der Waals surface area contributed by atoms with Crippen LogP contribution in [0.1, 0.15) is 95.0 Å². The topological polar surface area (TPSA) is 183 Å². The van der Waals surface area contributed by atoms with E-state index in [0.29, 0.717) is 48.1 Å². The minimum atomic E-state index is -1.42. The number of nitrogens with zero attached hydrogens (tertiary/aromatic N) is 3. The SMILES string of the molecule is C=CCO[C@@]12Oc3ccc(Oc4cccc([N+](=O)[O-])c4)cc3[C@H]3[C@H](CCCCO)[C@@H](CCCCO)C=C(C(=NOC)C[C@@H]1N(CCOCCO)C(=O)CCC1CCCC1)[C@H]32. The standard InChI is InChI=1S/C46H63N3O11/c1-3-25-58-46-42(48(21-26-57-27-24-52)43(53)20-17-32-11-4-5-12-32)31-40(47-56-2)38-28-33(13-6-8-22-50)37(16-7-9-23-51)44(45(38)46)39-30-36(18-19-41(39)60-46)59-35-15-10-14-34(29-35)49(54)55/h3,10,14-15,18-19,28-30,32-33,37,42,44-45,50-52H,1,4-9,11-13,16-17,20-27,31H2,2H3/t33-,37+,42-,44+,45+,46+/m0/s1. The molecule has 0 spiro atoms. The molecule has 0 radical (unpaired) electrons. The van der Waals surface area contributed by atoms with Gasteiger partial charge in [-0.05, 0) is 79.7 Å². The zero-order chi connectivity index (χ0) is 42.5. The fourth-order valence-corrected chi connectivity index (χ4v) is 10.2. The summed E-state index contributed by atoms with van der Waals surface area (Å²) in [6, 6.07) is 11.0. The summed E-state index contributed by atoms with van der Waals surface area (Å²) in [7, 11) is 1.52. The number of aliphatic hydroxyl groups is 3. The number of non-ortho nitro benzene ring substituents is 1. The number of aliphatic hydroxyl groups excluding tert-OH is 3. The Bertz CT molecular complexity index is 1810. The molecule has 2 aromatic rings. The van der Waals surface area contributed by atoms with Crippen LogP contribution in [0.25, 0.3) is 0 Å². The lowest BCUT2D eigenvalue weighted by molar-refractivity contribution is -0.384. The summed E-state index contributed by atoms with van der Waals surface area (Å²) in [5, 5.41) is 45.6. The number of nitro groups is 1. The van der Waals surface area contributed by atoms with E-state index in [2.05, 4.69) is 17.8 Å². The molecule has 60 heavy (non-hydrogen) atoms. The summed E-state index contributed by atoms with van der Waals surface area (Å²) in [5.41, 5.74) is 2.39. The van der Waals surface area contributed by atoms with Crippen molar-refractivity contribution < 1.29 is 48.8 Å². The fraction of sp³-hybridized carbons (Fsp3) is 0.609. The van der Waals surface area contributed by atoms with Crippen LogP contribution in [0.4, 0.5) is 5.69 Å². The molecule has 3 N–H and O–H groups in total. The predicted molar refractivity (Wildman–Crippen MR) is 226 cm³/mol. The first kappa shape index (κ1) is 45.2. The number of amides is 1. The average molecular weight is 834 g/mol. The summed E-state index contributed by atoms with van der Waals surface area (Å²) in [4.78, 5) is 33.3. The van der Waals surface area contributed by atoms with Crippen LogP contribution in [0.3, 0.4) is 0 Å². The number of unbranched alkanes of at least 4 members (excludes halogenated alkanes) is 2. The van der Waals surface area contributed by atoms with Crippen molar-refractivity contribution >= 4 is 17.3 Å². The van der Waals surface area contributed by atoms with E-state index < -0.39 is 22.7 Å². The first-order valence-corrected chi connectivity index (χ1v) is 21.8. The molecule has 3 aliphatic carbocycles. The second kappa shape index (κ2) is 22.0. The van der Waals surface area contributed by atoms with E-state index >= 15 is 0 Å². The number of allylic oxidation sites excluding steroid dienone is 1. The molecule has 1 heterocycles. The number of carbonyl (C=O) groups is 1. The molecular weight excluding hydrogens is 771 g/mol. The van der Waals surface area contributed by atoms with E-state index in [1.54, 1.807) is 24.3 Å². The summed E-state index contributed by atoms with van der Waals surface area (Å²) >= 11 is 0. The summed E-state index contributed by atoms with van der Waals surface area (Å²) in [6.07, 6.45) is 14.4. The van der Waals surface area contributed by atoms with E-state index in [4.69, 9.17) is 23.8 Å². The van der Waals surface area contributed by atoms with Gasteiger partial charge in [0.25, 0.3) is 5.69 Å². The third kappa shape index (κ3) is 10.4. The van der Waals surface area contributed by atoms with Crippen molar-refractivity contribution in [2.24, 2.45) is 28.8 Å². The maximum Gasteiger partial charge on any atom is 0.273 e. The molecule has 2 fully saturated rings. The number of hydrogen-bond donors (Lipinski definition) is 3. The van der Waals surface area contributed by atoms with Crippen LogP contribution in [-0.2, 0) is 19.1 Å². The molecule has 6 atom stereocenters. The van der Waals surface area contributed by atoms with Gasteiger partial charge in [-0.2, -0.15) is 0 Å². The van der Waals surface area contributed by atoms with Gasteiger partial charge in [-0.3, -0.25) is 14.9 Å². The Hall–Kier alpha value is -4.34. The molecule has 1 amide bonds. The van der Waals surface area contributed by atoms with Gasteiger partial charge in [-0.1, -0.05) is 61.9 Å². The average Bonchev–Trinajstić information content (AvgIpc) is 3.78. The fourth-order valence-electron chi connectivity index (χ4n) is 10.2. The van der Waals surface area contributed by atoms with E-state index in [0.717, 1.165) is 56.1 Å². The van der Waals surface area contributed by atoms with Gasteiger partial charge in [-0.15, -0.1) is 6.58 Å². The van der Waals surface area contributed by atoms with Crippen molar-refractivity contribution in [3.8, 4) is 17.2 Å². The molecule has 0 unspecified atom stereocenters. The minimum absolute atomic E-state index is 0.00774. The lowest BCUT2D eigenvalue weighted by Crippen LogP contribution is -2.70. The van der Waals surface area contributed by atoms with Crippen molar-refractivity contribution in [2.75, 3.05) is 53.3 Å². The Labute approximate surface area is 353 Å². The zero-order valence-corrected chi connectivity index (χ0v) is 35.0. The first-order valence-electron chi connectivity index (χ1n) is 21.8. The van der Waals surface area contributed by atoms with Crippen LogP contribution in [0, 0.1) is 33.8 Å². The normalized spacial score (nSPS) is 25.2.